The number of piperidine rings is 1. The third kappa shape index (κ3) is 3.58. The molecule has 5 rings (SSSR count). The monoisotopic (exact) mass is 436 g/mol. The molecule has 4 heterocycles. The number of amides is 1. The van der Waals surface area contributed by atoms with Crippen molar-refractivity contribution < 1.29 is 4.79 Å². The molecule has 1 saturated heterocycles. The van der Waals surface area contributed by atoms with E-state index in [9.17, 15) is 9.59 Å². The molecule has 3 aromatic heterocycles. The standard InChI is InChI=1S/C22H24N6O2S/c1-28(2)11-17(29)26-16-5-7-24-10-15(16)22-27-19-12-3-6-23-9-14(12)18-13(20(19)31-22)4-8-25-21(18)30/h3-4,6,8-9,15-16,24H,5,7,10-11H2,1-2H3,(H,25,30)(H,26,29). The quantitative estimate of drug-likeness (QED) is 0.422. The van der Waals surface area contributed by atoms with Gasteiger partial charge in [0.1, 0.15) is 5.01 Å². The lowest BCUT2D eigenvalue weighted by Crippen LogP contribution is -2.49. The molecule has 0 saturated carbocycles. The highest BCUT2D eigenvalue weighted by Crippen LogP contribution is 2.39. The Bertz CT molecular complexity index is 1340. The number of carbonyl (C=O) groups is 1. The fourth-order valence-electron chi connectivity index (χ4n) is 4.43. The predicted molar refractivity (Wildman–Crippen MR) is 124 cm³/mol. The molecule has 9 heteroatoms. The first-order chi connectivity index (χ1) is 15.0. The number of hydrogen-bond donors (Lipinski definition) is 3. The van der Waals surface area contributed by atoms with Gasteiger partial charge in [-0.05, 0) is 39.2 Å². The van der Waals surface area contributed by atoms with Gasteiger partial charge in [-0.2, -0.15) is 0 Å². The number of thiazole rings is 1. The van der Waals surface area contributed by atoms with Gasteiger partial charge in [-0.1, -0.05) is 0 Å². The van der Waals surface area contributed by atoms with Gasteiger partial charge >= 0.3 is 0 Å². The van der Waals surface area contributed by atoms with Crippen molar-refractivity contribution in [3.05, 3.63) is 46.1 Å². The van der Waals surface area contributed by atoms with Crippen LogP contribution in [0.4, 0.5) is 0 Å². The van der Waals surface area contributed by atoms with Crippen LogP contribution < -0.4 is 16.2 Å². The average Bonchev–Trinajstić information content (AvgIpc) is 3.19. The third-order valence-electron chi connectivity index (χ3n) is 5.80. The molecule has 8 nitrogen and oxygen atoms in total. The molecule has 1 fully saturated rings. The Morgan fingerprint density at radius 3 is 3.00 bits per heavy atom. The summed E-state index contributed by atoms with van der Waals surface area (Å²) in [7, 11) is 3.78. The van der Waals surface area contributed by atoms with E-state index in [1.54, 1.807) is 29.9 Å². The van der Waals surface area contributed by atoms with Gasteiger partial charge in [-0.25, -0.2) is 4.98 Å². The summed E-state index contributed by atoms with van der Waals surface area (Å²) in [6, 6.07) is 3.88. The zero-order valence-electron chi connectivity index (χ0n) is 17.4. The molecule has 160 valence electrons. The topological polar surface area (TPSA) is 103 Å². The van der Waals surface area contributed by atoms with Crippen LogP contribution >= 0.6 is 11.3 Å². The fraction of sp³-hybridized carbons (Fsp3) is 0.364. The number of aromatic amines is 1. The maximum Gasteiger partial charge on any atom is 0.256 e. The molecule has 1 aliphatic rings. The number of likely N-dealkylation sites (N-methyl/N-ethyl adjacent to an activating group) is 1. The number of nitrogens with one attached hydrogen (secondary N) is 3. The second-order valence-corrected chi connectivity index (χ2v) is 9.29. The maximum absolute atomic E-state index is 12.6. The Morgan fingerprint density at radius 2 is 2.16 bits per heavy atom. The van der Waals surface area contributed by atoms with Gasteiger partial charge in [0.2, 0.25) is 5.91 Å². The van der Waals surface area contributed by atoms with Crippen LogP contribution in [0.5, 0.6) is 0 Å². The molecule has 3 N–H and O–H groups in total. The van der Waals surface area contributed by atoms with Crippen LogP contribution in [0.15, 0.2) is 35.5 Å². The molecule has 31 heavy (non-hydrogen) atoms. The number of benzene rings is 1. The van der Waals surface area contributed by atoms with Crippen molar-refractivity contribution in [2.75, 3.05) is 33.7 Å². The summed E-state index contributed by atoms with van der Waals surface area (Å²) >= 11 is 1.62. The molecule has 0 aliphatic carbocycles. The van der Waals surface area contributed by atoms with E-state index in [1.807, 2.05) is 31.1 Å². The summed E-state index contributed by atoms with van der Waals surface area (Å²) in [5.74, 6) is 0.0997. The molecule has 0 radical (unpaired) electrons. The smallest absolute Gasteiger partial charge is 0.256 e. The lowest BCUT2D eigenvalue weighted by Gasteiger charge is -2.31. The molecular weight excluding hydrogens is 412 g/mol. The highest BCUT2D eigenvalue weighted by Gasteiger charge is 2.31. The second-order valence-electron chi connectivity index (χ2n) is 8.26. The summed E-state index contributed by atoms with van der Waals surface area (Å²) in [5, 5.41) is 10.9. The van der Waals surface area contributed by atoms with Crippen molar-refractivity contribution in [3.8, 4) is 0 Å². The van der Waals surface area contributed by atoms with Crippen molar-refractivity contribution in [1.82, 2.24) is 30.5 Å². The van der Waals surface area contributed by atoms with Gasteiger partial charge in [0.25, 0.3) is 5.56 Å². The predicted octanol–water partition coefficient (Wildman–Crippen LogP) is 1.81. The molecule has 1 aromatic carbocycles. The zero-order chi connectivity index (χ0) is 21.5. The van der Waals surface area contributed by atoms with Crippen LogP contribution in [0.2, 0.25) is 0 Å². The van der Waals surface area contributed by atoms with E-state index in [1.165, 1.54) is 0 Å². The molecule has 0 spiro atoms. The minimum atomic E-state index is -0.125. The number of hydrogen-bond acceptors (Lipinski definition) is 7. The highest BCUT2D eigenvalue weighted by molar-refractivity contribution is 7.19. The maximum atomic E-state index is 12.6. The van der Waals surface area contributed by atoms with Gasteiger partial charge in [-0.3, -0.25) is 14.6 Å². The first kappa shape index (κ1) is 20.0. The molecule has 2 atom stereocenters. The Hall–Kier alpha value is -2.88. The van der Waals surface area contributed by atoms with Crippen molar-refractivity contribution in [3.63, 3.8) is 0 Å². The number of H-pyrrole nitrogens is 1. The largest absolute Gasteiger partial charge is 0.351 e. The van der Waals surface area contributed by atoms with Gasteiger partial charge in [0.15, 0.2) is 0 Å². The van der Waals surface area contributed by atoms with E-state index in [0.29, 0.717) is 11.9 Å². The van der Waals surface area contributed by atoms with Crippen LogP contribution in [0.25, 0.3) is 31.8 Å². The summed E-state index contributed by atoms with van der Waals surface area (Å²) in [6.07, 6.45) is 6.00. The minimum absolute atomic E-state index is 0.0246. The SMILES string of the molecule is CN(C)CC(=O)NC1CCNCC1c1nc2c3ccncc3c3c(=O)[nH]ccc3c2s1. The normalized spacial score (nSPS) is 19.5. The van der Waals surface area contributed by atoms with E-state index in [2.05, 4.69) is 20.6 Å². The lowest BCUT2D eigenvalue weighted by molar-refractivity contribution is -0.122. The van der Waals surface area contributed by atoms with E-state index in [-0.39, 0.29) is 23.4 Å². The Kier molecular flexibility index (Phi) is 5.17. The number of rotatable bonds is 4. The van der Waals surface area contributed by atoms with Gasteiger partial charge in [0, 0.05) is 53.3 Å². The average molecular weight is 437 g/mol. The molecule has 1 amide bonds. The number of nitrogens with zero attached hydrogens (tertiary/aromatic N) is 3. The molecule has 1 aliphatic heterocycles. The minimum Gasteiger partial charge on any atom is -0.351 e. The molecule has 0 bridgehead atoms. The first-order valence-electron chi connectivity index (χ1n) is 10.3. The van der Waals surface area contributed by atoms with Crippen LogP contribution in [0.1, 0.15) is 17.3 Å². The zero-order valence-corrected chi connectivity index (χ0v) is 18.3. The van der Waals surface area contributed by atoms with Crippen molar-refractivity contribution in [2.24, 2.45) is 0 Å². The van der Waals surface area contributed by atoms with Gasteiger partial charge in [0.05, 0.1) is 22.1 Å². The molecule has 2 unspecified atom stereocenters. The number of carbonyl (C=O) groups excluding carboxylic acids is 1. The van der Waals surface area contributed by atoms with Crippen molar-refractivity contribution >= 4 is 49.0 Å². The molecular formula is C22H24N6O2S. The van der Waals surface area contributed by atoms with Crippen LogP contribution in [-0.2, 0) is 4.79 Å². The van der Waals surface area contributed by atoms with Crippen molar-refractivity contribution in [2.45, 2.75) is 18.4 Å². The van der Waals surface area contributed by atoms with Gasteiger partial charge in [-0.15, -0.1) is 11.3 Å². The van der Waals surface area contributed by atoms with E-state index in [0.717, 1.165) is 50.9 Å². The summed E-state index contributed by atoms with van der Waals surface area (Å²) in [4.78, 5) is 39.0. The van der Waals surface area contributed by atoms with Gasteiger partial charge < -0.3 is 20.5 Å². The fourth-order valence-corrected chi connectivity index (χ4v) is 5.70. The van der Waals surface area contributed by atoms with Crippen LogP contribution in [-0.4, -0.2) is 65.5 Å². The second kappa shape index (κ2) is 7.99. The lowest BCUT2D eigenvalue weighted by atomic mass is 9.93. The van der Waals surface area contributed by atoms with E-state index >= 15 is 0 Å². The first-order valence-corrected chi connectivity index (χ1v) is 11.2. The number of aromatic nitrogens is 3. The molecule has 4 aromatic rings. The van der Waals surface area contributed by atoms with E-state index in [4.69, 9.17) is 4.98 Å². The van der Waals surface area contributed by atoms with Crippen LogP contribution in [0, 0.1) is 0 Å². The number of fused-ring (bicyclic) bond motifs is 6. The summed E-state index contributed by atoms with van der Waals surface area (Å²) in [6.45, 7) is 1.98. The highest BCUT2D eigenvalue weighted by atomic mass is 32.1. The van der Waals surface area contributed by atoms with Crippen LogP contribution in [0.3, 0.4) is 0 Å². The third-order valence-corrected chi connectivity index (χ3v) is 7.02. The van der Waals surface area contributed by atoms with E-state index < -0.39 is 0 Å². The number of pyridine rings is 2. The van der Waals surface area contributed by atoms with Crippen molar-refractivity contribution in [1.29, 1.82) is 0 Å². The summed E-state index contributed by atoms with van der Waals surface area (Å²) in [5.41, 5.74) is 0.764. The Morgan fingerprint density at radius 1 is 1.29 bits per heavy atom. The Balaban J connectivity index is 1.65. The Labute approximate surface area is 182 Å². The summed E-state index contributed by atoms with van der Waals surface area (Å²) < 4.78 is 0.999.